The lowest BCUT2D eigenvalue weighted by Crippen LogP contribution is -2.34. The second kappa shape index (κ2) is 11.2. The Labute approximate surface area is 177 Å². The molecule has 0 saturated heterocycles. The third-order valence-electron chi connectivity index (χ3n) is 3.79. The van der Waals surface area contributed by atoms with Gasteiger partial charge in [-0.3, -0.25) is 14.9 Å². The van der Waals surface area contributed by atoms with Crippen LogP contribution in [0.4, 0.5) is 11.4 Å². The Kier molecular flexibility index (Phi) is 8.61. The largest absolute Gasteiger partial charge is 0.493 e. The molecule has 0 aliphatic carbocycles. The third-order valence-corrected chi connectivity index (χ3v) is 3.99. The molecule has 7 heteroatoms. The summed E-state index contributed by atoms with van der Waals surface area (Å²) in [5, 5.41) is 8.61. The van der Waals surface area contributed by atoms with E-state index in [0.717, 1.165) is 6.42 Å². The molecule has 2 amide bonds. The van der Waals surface area contributed by atoms with Crippen molar-refractivity contribution in [3.8, 4) is 5.75 Å². The van der Waals surface area contributed by atoms with E-state index in [0.29, 0.717) is 41.6 Å². The fraction of sp³-hybridized carbons (Fsp3) is 0.318. The maximum atomic E-state index is 12.5. The van der Waals surface area contributed by atoms with Crippen LogP contribution in [0.25, 0.3) is 0 Å². The SMILES string of the molecule is CCCC(=O)Nc1cccc(NC(=S)NC(=O)c2cccc(OCC(C)C)c2)c1. The number of carbonyl (C=O) groups is 2. The van der Waals surface area contributed by atoms with Gasteiger partial charge in [-0.05, 0) is 61.0 Å². The van der Waals surface area contributed by atoms with Gasteiger partial charge < -0.3 is 15.4 Å². The predicted molar refractivity (Wildman–Crippen MR) is 120 cm³/mol. The second-order valence-electron chi connectivity index (χ2n) is 7.02. The monoisotopic (exact) mass is 413 g/mol. The summed E-state index contributed by atoms with van der Waals surface area (Å²) in [5.41, 5.74) is 1.78. The van der Waals surface area contributed by atoms with Crippen LogP contribution in [0.3, 0.4) is 0 Å². The Morgan fingerprint density at radius 2 is 1.72 bits per heavy atom. The van der Waals surface area contributed by atoms with Crippen molar-refractivity contribution in [3.63, 3.8) is 0 Å². The van der Waals surface area contributed by atoms with Crippen molar-refractivity contribution in [2.24, 2.45) is 5.92 Å². The highest BCUT2D eigenvalue weighted by Crippen LogP contribution is 2.16. The lowest BCUT2D eigenvalue weighted by molar-refractivity contribution is -0.116. The summed E-state index contributed by atoms with van der Waals surface area (Å²) < 4.78 is 5.66. The van der Waals surface area contributed by atoms with Gasteiger partial charge in [0.1, 0.15) is 5.75 Å². The van der Waals surface area contributed by atoms with Crippen LogP contribution in [0.1, 0.15) is 44.0 Å². The molecule has 0 atom stereocenters. The van der Waals surface area contributed by atoms with Crippen LogP contribution in [0.2, 0.25) is 0 Å². The molecule has 0 aliphatic rings. The van der Waals surface area contributed by atoms with Gasteiger partial charge in [0.05, 0.1) is 6.61 Å². The minimum atomic E-state index is -0.329. The first-order valence-corrected chi connectivity index (χ1v) is 10.0. The molecule has 0 aliphatic heterocycles. The number of hydrogen-bond acceptors (Lipinski definition) is 4. The van der Waals surface area contributed by atoms with E-state index in [1.54, 1.807) is 42.5 Å². The number of thiocarbonyl (C=S) groups is 1. The zero-order valence-corrected chi connectivity index (χ0v) is 17.8. The number of hydrogen-bond donors (Lipinski definition) is 3. The highest BCUT2D eigenvalue weighted by Gasteiger charge is 2.10. The summed E-state index contributed by atoms with van der Waals surface area (Å²) in [6.45, 7) is 6.65. The molecular weight excluding hydrogens is 386 g/mol. The Balaban J connectivity index is 1.94. The molecule has 0 unspecified atom stereocenters. The van der Waals surface area contributed by atoms with Crippen molar-refractivity contribution in [2.45, 2.75) is 33.6 Å². The van der Waals surface area contributed by atoms with Gasteiger partial charge in [0.25, 0.3) is 5.91 Å². The molecule has 0 fully saturated rings. The minimum Gasteiger partial charge on any atom is -0.493 e. The number of carbonyl (C=O) groups excluding carboxylic acids is 2. The summed E-state index contributed by atoms with van der Waals surface area (Å²) >= 11 is 5.24. The van der Waals surface area contributed by atoms with E-state index in [-0.39, 0.29) is 16.9 Å². The van der Waals surface area contributed by atoms with Crippen molar-refractivity contribution < 1.29 is 14.3 Å². The van der Waals surface area contributed by atoms with Gasteiger partial charge in [0.2, 0.25) is 5.91 Å². The van der Waals surface area contributed by atoms with E-state index in [1.165, 1.54) is 0 Å². The number of anilines is 2. The van der Waals surface area contributed by atoms with Crippen LogP contribution < -0.4 is 20.7 Å². The van der Waals surface area contributed by atoms with Gasteiger partial charge in [-0.15, -0.1) is 0 Å². The second-order valence-corrected chi connectivity index (χ2v) is 7.43. The Morgan fingerprint density at radius 1 is 1.03 bits per heavy atom. The molecule has 2 aromatic rings. The number of benzene rings is 2. The molecular formula is C22H27N3O3S. The molecule has 154 valence electrons. The number of rotatable bonds is 8. The fourth-order valence-corrected chi connectivity index (χ4v) is 2.66. The van der Waals surface area contributed by atoms with Crippen molar-refractivity contribution in [1.29, 1.82) is 0 Å². The van der Waals surface area contributed by atoms with E-state index < -0.39 is 0 Å². The van der Waals surface area contributed by atoms with Crippen LogP contribution in [0, 0.1) is 5.92 Å². The maximum absolute atomic E-state index is 12.5. The van der Waals surface area contributed by atoms with Crippen LogP contribution in [-0.2, 0) is 4.79 Å². The Bertz CT molecular complexity index is 868. The van der Waals surface area contributed by atoms with E-state index in [1.807, 2.05) is 13.0 Å². The molecule has 0 saturated carbocycles. The molecule has 3 N–H and O–H groups in total. The summed E-state index contributed by atoms with van der Waals surface area (Å²) in [5.74, 6) is 0.664. The van der Waals surface area contributed by atoms with Gasteiger partial charge >= 0.3 is 0 Å². The zero-order valence-electron chi connectivity index (χ0n) is 17.0. The first kappa shape index (κ1) is 22.4. The highest BCUT2D eigenvalue weighted by molar-refractivity contribution is 7.80. The quantitative estimate of drug-likeness (QED) is 0.552. The van der Waals surface area contributed by atoms with Crippen LogP contribution >= 0.6 is 12.2 Å². The Hall–Kier alpha value is -2.93. The van der Waals surface area contributed by atoms with E-state index in [9.17, 15) is 9.59 Å². The molecule has 29 heavy (non-hydrogen) atoms. The number of nitrogens with one attached hydrogen (secondary N) is 3. The molecule has 0 bridgehead atoms. The first-order valence-electron chi connectivity index (χ1n) is 9.62. The van der Waals surface area contributed by atoms with Gasteiger partial charge in [-0.25, -0.2) is 0 Å². The normalized spacial score (nSPS) is 10.3. The molecule has 0 spiro atoms. The van der Waals surface area contributed by atoms with Gasteiger partial charge in [0.15, 0.2) is 5.11 Å². The van der Waals surface area contributed by atoms with Crippen LogP contribution in [-0.4, -0.2) is 23.5 Å². The van der Waals surface area contributed by atoms with E-state index in [2.05, 4.69) is 29.8 Å². The predicted octanol–water partition coefficient (Wildman–Crippen LogP) is 4.59. The average molecular weight is 414 g/mol. The van der Waals surface area contributed by atoms with Gasteiger partial charge in [-0.2, -0.15) is 0 Å². The molecule has 2 rings (SSSR count). The van der Waals surface area contributed by atoms with Crippen molar-refractivity contribution >= 4 is 40.5 Å². The van der Waals surface area contributed by atoms with Gasteiger partial charge in [-0.1, -0.05) is 32.9 Å². The summed E-state index contributed by atoms with van der Waals surface area (Å²) in [4.78, 5) is 24.2. The summed E-state index contributed by atoms with van der Waals surface area (Å²) in [6.07, 6.45) is 1.25. The average Bonchev–Trinajstić information content (AvgIpc) is 2.67. The summed E-state index contributed by atoms with van der Waals surface area (Å²) in [6, 6.07) is 14.1. The van der Waals surface area contributed by atoms with Crippen molar-refractivity contribution in [2.75, 3.05) is 17.2 Å². The lowest BCUT2D eigenvalue weighted by atomic mass is 10.2. The summed E-state index contributed by atoms with van der Waals surface area (Å²) in [7, 11) is 0. The topological polar surface area (TPSA) is 79.5 Å². The lowest BCUT2D eigenvalue weighted by Gasteiger charge is -2.12. The number of ether oxygens (including phenoxy) is 1. The first-order chi connectivity index (χ1) is 13.9. The van der Waals surface area contributed by atoms with Crippen molar-refractivity contribution in [1.82, 2.24) is 5.32 Å². The smallest absolute Gasteiger partial charge is 0.257 e. The maximum Gasteiger partial charge on any atom is 0.257 e. The molecule has 0 radical (unpaired) electrons. The van der Waals surface area contributed by atoms with Crippen LogP contribution in [0.15, 0.2) is 48.5 Å². The minimum absolute atomic E-state index is 0.0416. The molecule has 0 aromatic heterocycles. The van der Waals surface area contributed by atoms with Crippen LogP contribution in [0.5, 0.6) is 5.75 Å². The Morgan fingerprint density at radius 3 is 2.41 bits per heavy atom. The van der Waals surface area contributed by atoms with E-state index in [4.69, 9.17) is 17.0 Å². The highest BCUT2D eigenvalue weighted by atomic mass is 32.1. The third kappa shape index (κ3) is 7.91. The van der Waals surface area contributed by atoms with E-state index >= 15 is 0 Å². The van der Waals surface area contributed by atoms with Gasteiger partial charge in [0, 0.05) is 23.4 Å². The standard InChI is InChI=1S/C22H27N3O3S/c1-4-7-20(26)23-17-9-6-10-18(13-17)24-22(29)25-21(27)16-8-5-11-19(12-16)28-14-15(2)3/h5-6,8-13,15H,4,7,14H2,1-3H3,(H,23,26)(H2,24,25,27,29). The zero-order chi connectivity index (χ0) is 21.2. The fourth-order valence-electron chi connectivity index (χ4n) is 2.45. The molecule has 0 heterocycles. The number of amides is 2. The van der Waals surface area contributed by atoms with Crippen molar-refractivity contribution in [3.05, 3.63) is 54.1 Å². The molecule has 2 aromatic carbocycles. The molecule has 6 nitrogen and oxygen atoms in total.